The molecular formula is C16H19N3O4. The fourth-order valence-corrected chi connectivity index (χ4v) is 1.43. The van der Waals surface area contributed by atoms with Crippen LogP contribution in [-0.4, -0.2) is 44.8 Å². The van der Waals surface area contributed by atoms with Gasteiger partial charge in [0.15, 0.2) is 0 Å². The number of carbonyl (C=O) groups is 2. The first kappa shape index (κ1) is 18.1. The summed E-state index contributed by atoms with van der Waals surface area (Å²) in [5.41, 5.74) is 4.05. The maximum absolute atomic E-state index is 10.9. The lowest BCUT2D eigenvalue weighted by Crippen LogP contribution is -2.18. The largest absolute Gasteiger partial charge is 0.468 e. The molecule has 1 rings (SSSR count). The number of allylic oxidation sites excluding steroid dienone is 1. The number of carbonyl (C=O) groups excluding carboxylic acids is 2. The van der Waals surface area contributed by atoms with Crippen molar-refractivity contribution in [1.29, 1.82) is 0 Å². The van der Waals surface area contributed by atoms with Gasteiger partial charge in [-0.2, -0.15) is 5.10 Å². The number of methoxy groups -OCH3 is 1. The number of nitrogens with zero attached hydrogens (tertiary/aromatic N) is 2. The van der Waals surface area contributed by atoms with Crippen LogP contribution in [0.25, 0.3) is 6.08 Å². The van der Waals surface area contributed by atoms with Crippen LogP contribution in [0.2, 0.25) is 0 Å². The molecule has 0 aromatic heterocycles. The van der Waals surface area contributed by atoms with Crippen molar-refractivity contribution in [2.45, 2.75) is 6.92 Å². The van der Waals surface area contributed by atoms with Crippen LogP contribution >= 0.6 is 0 Å². The Morgan fingerprint density at radius 1 is 1.22 bits per heavy atom. The van der Waals surface area contributed by atoms with E-state index in [4.69, 9.17) is 0 Å². The first-order chi connectivity index (χ1) is 11.2. The van der Waals surface area contributed by atoms with Crippen molar-refractivity contribution in [3.8, 4) is 0 Å². The average Bonchev–Trinajstić information content (AvgIpc) is 2.56. The molecule has 0 heterocycles. The van der Waals surface area contributed by atoms with Crippen LogP contribution in [0.5, 0.6) is 0 Å². The number of hydrazone groups is 1. The number of benzene rings is 1. The van der Waals surface area contributed by atoms with E-state index < -0.39 is 6.09 Å². The summed E-state index contributed by atoms with van der Waals surface area (Å²) in [5, 5.41) is 3.69. The highest BCUT2D eigenvalue weighted by Gasteiger charge is 1.95. The summed E-state index contributed by atoms with van der Waals surface area (Å²) in [4.78, 5) is 25.8. The average molecular weight is 317 g/mol. The zero-order chi connectivity index (χ0) is 16.9. The van der Waals surface area contributed by atoms with Crippen LogP contribution in [-0.2, 0) is 14.3 Å². The number of ether oxygens (including phenoxy) is 2. The molecule has 7 nitrogen and oxygen atoms in total. The second-order valence-corrected chi connectivity index (χ2v) is 4.18. The van der Waals surface area contributed by atoms with Gasteiger partial charge in [0.2, 0.25) is 0 Å². The summed E-state index contributed by atoms with van der Waals surface area (Å²) in [6.07, 6.45) is 5.98. The van der Waals surface area contributed by atoms with Crippen molar-refractivity contribution < 1.29 is 19.1 Å². The van der Waals surface area contributed by atoms with Crippen molar-refractivity contribution in [2.75, 3.05) is 20.3 Å². The zero-order valence-electron chi connectivity index (χ0n) is 13.1. The quantitative estimate of drug-likeness (QED) is 0.473. The molecule has 1 aromatic rings. The molecule has 0 bridgehead atoms. The maximum Gasteiger partial charge on any atom is 0.427 e. The predicted octanol–water partition coefficient (Wildman–Crippen LogP) is 2.02. The van der Waals surface area contributed by atoms with Crippen molar-refractivity contribution >= 4 is 30.6 Å². The lowest BCUT2D eigenvalue weighted by atomic mass is 10.1. The molecular weight excluding hydrogens is 298 g/mol. The van der Waals surface area contributed by atoms with E-state index in [1.165, 1.54) is 13.3 Å². The van der Waals surface area contributed by atoms with Gasteiger partial charge in [-0.3, -0.25) is 9.79 Å². The van der Waals surface area contributed by atoms with Gasteiger partial charge in [0, 0.05) is 12.4 Å². The Bertz CT molecular complexity index is 592. The van der Waals surface area contributed by atoms with Crippen LogP contribution in [0.3, 0.4) is 0 Å². The minimum absolute atomic E-state index is 0.00207. The molecule has 0 saturated heterocycles. The number of aliphatic imine (C=N–C) groups is 1. The second-order valence-electron chi connectivity index (χ2n) is 4.18. The van der Waals surface area contributed by atoms with E-state index in [-0.39, 0.29) is 12.5 Å². The minimum Gasteiger partial charge on any atom is -0.468 e. The van der Waals surface area contributed by atoms with E-state index in [1.807, 2.05) is 30.3 Å². The third-order valence-electron chi connectivity index (χ3n) is 2.51. The van der Waals surface area contributed by atoms with E-state index >= 15 is 0 Å². The first-order valence-electron chi connectivity index (χ1n) is 6.95. The molecule has 0 fully saturated rings. The highest BCUT2D eigenvalue weighted by Crippen LogP contribution is 2.04. The standard InChI is InChI=1S/C16H19N3O4/c1-3-23-16(21)19-18-10-4-5-13-6-8-14(9-7-13)11-17-12-15(20)22-2/h4-11H,3,12H2,1-2H3,(H,19,21)/b5-4+,17-11?,18-10+. The van der Waals surface area contributed by atoms with Crippen LogP contribution < -0.4 is 5.43 Å². The Morgan fingerprint density at radius 2 is 1.91 bits per heavy atom. The molecule has 0 aliphatic heterocycles. The van der Waals surface area contributed by atoms with Gasteiger partial charge in [-0.25, -0.2) is 10.2 Å². The van der Waals surface area contributed by atoms with Gasteiger partial charge in [-0.15, -0.1) is 0 Å². The van der Waals surface area contributed by atoms with Crippen LogP contribution in [0.4, 0.5) is 4.79 Å². The minimum atomic E-state index is -0.590. The third-order valence-corrected chi connectivity index (χ3v) is 2.51. The topological polar surface area (TPSA) is 89.4 Å². The molecule has 1 aromatic carbocycles. The van der Waals surface area contributed by atoms with E-state index in [0.29, 0.717) is 6.61 Å². The fraction of sp³-hybridized carbons (Fsp3) is 0.250. The molecule has 0 unspecified atom stereocenters. The summed E-state index contributed by atoms with van der Waals surface area (Å²) >= 11 is 0. The molecule has 0 atom stereocenters. The van der Waals surface area contributed by atoms with Crippen molar-refractivity contribution in [1.82, 2.24) is 5.43 Å². The molecule has 1 N–H and O–H groups in total. The van der Waals surface area contributed by atoms with E-state index in [0.717, 1.165) is 11.1 Å². The molecule has 0 aliphatic carbocycles. The van der Waals surface area contributed by atoms with Gasteiger partial charge in [0.05, 0.1) is 13.7 Å². The van der Waals surface area contributed by atoms with E-state index in [2.05, 4.69) is 25.0 Å². The Balaban J connectivity index is 2.44. The Morgan fingerprint density at radius 3 is 2.57 bits per heavy atom. The van der Waals surface area contributed by atoms with Crippen LogP contribution in [0.1, 0.15) is 18.1 Å². The number of nitrogens with one attached hydrogen (secondary N) is 1. The summed E-state index contributed by atoms with van der Waals surface area (Å²) in [7, 11) is 1.32. The summed E-state index contributed by atoms with van der Waals surface area (Å²) in [6, 6.07) is 7.52. The Hall–Kier alpha value is -2.96. The monoisotopic (exact) mass is 317 g/mol. The first-order valence-corrected chi connectivity index (χ1v) is 6.95. The van der Waals surface area contributed by atoms with Crippen molar-refractivity contribution in [3.63, 3.8) is 0 Å². The highest BCUT2D eigenvalue weighted by atomic mass is 16.5. The van der Waals surface area contributed by atoms with E-state index in [9.17, 15) is 9.59 Å². The lowest BCUT2D eigenvalue weighted by molar-refractivity contribution is -0.138. The van der Waals surface area contributed by atoms with Gasteiger partial charge in [0.1, 0.15) is 6.54 Å². The van der Waals surface area contributed by atoms with Gasteiger partial charge in [-0.05, 0) is 24.1 Å². The third kappa shape index (κ3) is 8.15. The molecule has 122 valence electrons. The highest BCUT2D eigenvalue weighted by molar-refractivity contribution is 5.83. The molecule has 7 heteroatoms. The van der Waals surface area contributed by atoms with Crippen LogP contribution in [0, 0.1) is 0 Å². The van der Waals surface area contributed by atoms with Gasteiger partial charge >= 0.3 is 12.1 Å². The fourth-order valence-electron chi connectivity index (χ4n) is 1.43. The van der Waals surface area contributed by atoms with E-state index in [1.54, 1.807) is 19.2 Å². The zero-order valence-corrected chi connectivity index (χ0v) is 13.1. The smallest absolute Gasteiger partial charge is 0.427 e. The van der Waals surface area contributed by atoms with Gasteiger partial charge in [0.25, 0.3) is 0 Å². The number of esters is 1. The summed E-state index contributed by atoms with van der Waals surface area (Å²) in [5.74, 6) is -0.378. The van der Waals surface area contributed by atoms with Crippen molar-refractivity contribution in [3.05, 3.63) is 41.5 Å². The second kappa shape index (κ2) is 10.7. The predicted molar refractivity (Wildman–Crippen MR) is 88.6 cm³/mol. The Labute approximate surface area is 134 Å². The molecule has 1 amide bonds. The Kier molecular flexibility index (Phi) is 8.43. The lowest BCUT2D eigenvalue weighted by Gasteiger charge is -1.97. The normalized spacial score (nSPS) is 11.2. The molecule has 0 spiro atoms. The number of rotatable bonds is 7. The molecule has 23 heavy (non-hydrogen) atoms. The maximum atomic E-state index is 10.9. The SMILES string of the molecule is CCOC(=O)N/N=C/C=C/c1ccc(C=NCC(=O)OC)cc1. The number of hydrogen-bond acceptors (Lipinski definition) is 6. The van der Waals surface area contributed by atoms with Gasteiger partial charge in [-0.1, -0.05) is 30.3 Å². The number of hydrogen-bond donors (Lipinski definition) is 1. The van der Waals surface area contributed by atoms with Crippen molar-refractivity contribution in [2.24, 2.45) is 10.1 Å². The van der Waals surface area contributed by atoms with Gasteiger partial charge < -0.3 is 9.47 Å². The number of amides is 1. The van der Waals surface area contributed by atoms with Crippen LogP contribution in [0.15, 0.2) is 40.4 Å². The molecule has 0 aliphatic rings. The molecule has 0 radical (unpaired) electrons. The summed E-state index contributed by atoms with van der Waals surface area (Å²) < 4.78 is 9.14. The molecule has 0 saturated carbocycles. The summed E-state index contributed by atoms with van der Waals surface area (Å²) in [6.45, 7) is 2.02.